The average Bonchev–Trinajstić information content (AvgIpc) is 2.30. The zero-order chi connectivity index (χ0) is 12.3. The van der Waals surface area contributed by atoms with E-state index in [9.17, 15) is 4.79 Å². The van der Waals surface area contributed by atoms with Gasteiger partial charge in [0.2, 0.25) is 0 Å². The third kappa shape index (κ3) is 2.09. The van der Waals surface area contributed by atoms with Crippen molar-refractivity contribution in [2.24, 2.45) is 0 Å². The standard InChI is InChI=1S/C13H19NO2/c1-9-6-7-11(8-10(9)2)13(3,14-4)12(15)16-5/h6-8,14H,1-5H3. The molecule has 0 spiro atoms. The first-order valence-electron chi connectivity index (χ1n) is 5.30. The number of nitrogens with one attached hydrogen (secondary N) is 1. The van der Waals surface area contributed by atoms with Crippen LogP contribution in [0.25, 0.3) is 0 Å². The van der Waals surface area contributed by atoms with Crippen LogP contribution in [0.3, 0.4) is 0 Å². The van der Waals surface area contributed by atoms with Gasteiger partial charge in [-0.3, -0.25) is 0 Å². The topological polar surface area (TPSA) is 38.3 Å². The van der Waals surface area contributed by atoms with Crippen molar-refractivity contribution in [2.45, 2.75) is 26.3 Å². The summed E-state index contributed by atoms with van der Waals surface area (Å²) in [5.74, 6) is -0.279. The molecule has 0 radical (unpaired) electrons. The van der Waals surface area contributed by atoms with E-state index < -0.39 is 5.54 Å². The number of likely N-dealkylation sites (N-methyl/N-ethyl adjacent to an activating group) is 1. The molecule has 88 valence electrons. The summed E-state index contributed by atoms with van der Waals surface area (Å²) < 4.78 is 4.83. The van der Waals surface area contributed by atoms with Crippen LogP contribution in [0, 0.1) is 13.8 Å². The lowest BCUT2D eigenvalue weighted by atomic mass is 9.90. The molecule has 1 atom stereocenters. The largest absolute Gasteiger partial charge is 0.467 e. The zero-order valence-electron chi connectivity index (χ0n) is 10.5. The summed E-state index contributed by atoms with van der Waals surface area (Å²) >= 11 is 0. The Bertz CT molecular complexity index is 401. The van der Waals surface area contributed by atoms with Crippen LogP contribution in [0.1, 0.15) is 23.6 Å². The Kier molecular flexibility index (Phi) is 3.70. The van der Waals surface area contributed by atoms with E-state index in [-0.39, 0.29) is 5.97 Å². The van der Waals surface area contributed by atoms with Gasteiger partial charge in [-0.05, 0) is 44.5 Å². The SMILES string of the molecule is CNC(C)(C(=O)OC)c1ccc(C)c(C)c1. The first kappa shape index (κ1) is 12.7. The van der Waals surface area contributed by atoms with Gasteiger partial charge in [-0.15, -0.1) is 0 Å². The molecule has 0 saturated carbocycles. The quantitative estimate of drug-likeness (QED) is 0.792. The Balaban J connectivity index is 3.23. The monoisotopic (exact) mass is 221 g/mol. The van der Waals surface area contributed by atoms with Gasteiger partial charge >= 0.3 is 5.97 Å². The Morgan fingerprint density at radius 1 is 1.31 bits per heavy atom. The highest BCUT2D eigenvalue weighted by molar-refractivity contribution is 5.82. The smallest absolute Gasteiger partial charge is 0.330 e. The van der Waals surface area contributed by atoms with Crippen molar-refractivity contribution in [1.82, 2.24) is 5.32 Å². The predicted molar refractivity (Wildman–Crippen MR) is 64.3 cm³/mol. The van der Waals surface area contributed by atoms with E-state index >= 15 is 0 Å². The van der Waals surface area contributed by atoms with E-state index in [4.69, 9.17) is 4.74 Å². The van der Waals surface area contributed by atoms with Crippen molar-refractivity contribution >= 4 is 5.97 Å². The van der Waals surface area contributed by atoms with Gasteiger partial charge in [0.05, 0.1) is 7.11 Å². The van der Waals surface area contributed by atoms with Crippen molar-refractivity contribution in [3.63, 3.8) is 0 Å². The van der Waals surface area contributed by atoms with Gasteiger partial charge in [-0.2, -0.15) is 0 Å². The third-order valence-electron chi connectivity index (χ3n) is 3.18. The minimum absolute atomic E-state index is 0.279. The van der Waals surface area contributed by atoms with Crippen LogP contribution >= 0.6 is 0 Å². The molecule has 1 unspecified atom stereocenters. The summed E-state index contributed by atoms with van der Waals surface area (Å²) in [6.45, 7) is 5.91. The summed E-state index contributed by atoms with van der Waals surface area (Å²) in [6.07, 6.45) is 0. The lowest BCUT2D eigenvalue weighted by Crippen LogP contribution is -2.45. The van der Waals surface area contributed by atoms with Gasteiger partial charge in [0, 0.05) is 0 Å². The van der Waals surface area contributed by atoms with Crippen LogP contribution in [-0.2, 0) is 15.1 Å². The van der Waals surface area contributed by atoms with E-state index in [0.717, 1.165) is 5.56 Å². The molecule has 0 aliphatic heterocycles. The zero-order valence-corrected chi connectivity index (χ0v) is 10.5. The Labute approximate surface area is 96.8 Å². The number of aryl methyl sites for hydroxylation is 2. The normalized spacial score (nSPS) is 14.3. The number of carbonyl (C=O) groups excluding carboxylic acids is 1. The summed E-state index contributed by atoms with van der Waals surface area (Å²) in [7, 11) is 3.16. The summed E-state index contributed by atoms with van der Waals surface area (Å²) in [6, 6.07) is 5.99. The molecule has 0 amide bonds. The van der Waals surface area contributed by atoms with Crippen LogP contribution in [0.15, 0.2) is 18.2 Å². The van der Waals surface area contributed by atoms with Crippen LogP contribution < -0.4 is 5.32 Å². The molecule has 1 aromatic carbocycles. The molecule has 0 aromatic heterocycles. The van der Waals surface area contributed by atoms with E-state index in [1.807, 2.05) is 39.0 Å². The van der Waals surface area contributed by atoms with E-state index in [1.54, 1.807) is 7.05 Å². The molecular weight excluding hydrogens is 202 g/mol. The Hall–Kier alpha value is -1.35. The number of hydrogen-bond acceptors (Lipinski definition) is 3. The van der Waals surface area contributed by atoms with E-state index in [1.165, 1.54) is 18.2 Å². The maximum absolute atomic E-state index is 11.8. The highest BCUT2D eigenvalue weighted by atomic mass is 16.5. The first-order chi connectivity index (χ1) is 7.45. The van der Waals surface area contributed by atoms with Gasteiger partial charge in [0.1, 0.15) is 5.54 Å². The minimum atomic E-state index is -0.785. The number of benzene rings is 1. The second-order valence-corrected chi connectivity index (χ2v) is 4.17. The summed E-state index contributed by atoms with van der Waals surface area (Å²) in [5, 5.41) is 3.02. The minimum Gasteiger partial charge on any atom is -0.467 e. The molecule has 3 nitrogen and oxygen atoms in total. The van der Waals surface area contributed by atoms with Crippen molar-refractivity contribution in [2.75, 3.05) is 14.2 Å². The second kappa shape index (κ2) is 4.66. The Morgan fingerprint density at radius 2 is 1.94 bits per heavy atom. The number of methoxy groups -OCH3 is 1. The molecule has 3 heteroatoms. The van der Waals surface area contributed by atoms with Gasteiger partial charge < -0.3 is 10.1 Å². The lowest BCUT2D eigenvalue weighted by Gasteiger charge is -2.27. The average molecular weight is 221 g/mol. The number of hydrogen-bond donors (Lipinski definition) is 1. The summed E-state index contributed by atoms with van der Waals surface area (Å²) in [4.78, 5) is 11.8. The fourth-order valence-corrected chi connectivity index (χ4v) is 1.62. The van der Waals surface area contributed by atoms with Gasteiger partial charge in [0.25, 0.3) is 0 Å². The van der Waals surface area contributed by atoms with Crippen LogP contribution in [0.2, 0.25) is 0 Å². The fraction of sp³-hybridized carbons (Fsp3) is 0.462. The van der Waals surface area contributed by atoms with Crippen molar-refractivity contribution in [1.29, 1.82) is 0 Å². The fourth-order valence-electron chi connectivity index (χ4n) is 1.62. The van der Waals surface area contributed by atoms with E-state index in [2.05, 4.69) is 5.32 Å². The lowest BCUT2D eigenvalue weighted by molar-refractivity contribution is -0.148. The summed E-state index contributed by atoms with van der Waals surface area (Å²) in [5.41, 5.74) is 2.52. The van der Waals surface area contributed by atoms with Crippen molar-refractivity contribution in [3.05, 3.63) is 34.9 Å². The van der Waals surface area contributed by atoms with Gasteiger partial charge in [-0.25, -0.2) is 4.79 Å². The number of carbonyl (C=O) groups is 1. The molecule has 1 aromatic rings. The second-order valence-electron chi connectivity index (χ2n) is 4.17. The third-order valence-corrected chi connectivity index (χ3v) is 3.18. The number of esters is 1. The predicted octanol–water partition coefficient (Wildman–Crippen LogP) is 1.91. The van der Waals surface area contributed by atoms with Crippen molar-refractivity contribution in [3.8, 4) is 0 Å². The van der Waals surface area contributed by atoms with Crippen LogP contribution in [0.5, 0.6) is 0 Å². The molecule has 1 rings (SSSR count). The highest BCUT2D eigenvalue weighted by Gasteiger charge is 2.34. The van der Waals surface area contributed by atoms with Gasteiger partial charge in [-0.1, -0.05) is 18.2 Å². The maximum atomic E-state index is 11.8. The van der Waals surface area contributed by atoms with Crippen LogP contribution in [-0.4, -0.2) is 20.1 Å². The van der Waals surface area contributed by atoms with E-state index in [0.29, 0.717) is 0 Å². The molecule has 0 saturated heterocycles. The van der Waals surface area contributed by atoms with Crippen molar-refractivity contribution < 1.29 is 9.53 Å². The Morgan fingerprint density at radius 3 is 2.38 bits per heavy atom. The number of rotatable bonds is 3. The molecule has 0 aliphatic rings. The molecular formula is C13H19NO2. The first-order valence-corrected chi connectivity index (χ1v) is 5.30. The maximum Gasteiger partial charge on any atom is 0.330 e. The highest BCUT2D eigenvalue weighted by Crippen LogP contribution is 2.24. The molecule has 0 bridgehead atoms. The van der Waals surface area contributed by atoms with Crippen LogP contribution in [0.4, 0.5) is 0 Å². The number of ether oxygens (including phenoxy) is 1. The molecule has 16 heavy (non-hydrogen) atoms. The van der Waals surface area contributed by atoms with Gasteiger partial charge in [0.15, 0.2) is 0 Å². The molecule has 0 heterocycles. The molecule has 0 fully saturated rings. The molecule has 0 aliphatic carbocycles. The molecule has 1 N–H and O–H groups in total.